The predicted octanol–water partition coefficient (Wildman–Crippen LogP) is 1.70. The molecule has 1 fully saturated rings. The largest absolute Gasteiger partial charge is 0.393 e. The number of benzene rings is 1. The summed E-state index contributed by atoms with van der Waals surface area (Å²) >= 11 is 0. The summed E-state index contributed by atoms with van der Waals surface area (Å²) in [5.74, 6) is 0.440. The number of nitrogens with two attached hydrogens (primary N) is 1. The van der Waals surface area contributed by atoms with E-state index < -0.39 is 0 Å². The first-order chi connectivity index (χ1) is 11.6. The molecule has 4 N–H and O–H groups in total. The minimum atomic E-state index is -0.138. The molecule has 1 atom stereocenters. The number of guanidine groups is 1. The first-order valence-corrected chi connectivity index (χ1v) is 8.61. The number of methoxy groups -OCH3 is 1. The molecule has 6 nitrogen and oxygen atoms in total. The molecule has 1 aromatic rings. The van der Waals surface area contributed by atoms with Crippen LogP contribution in [0.2, 0.25) is 0 Å². The number of aliphatic imine (C=N–C) groups is 1. The van der Waals surface area contributed by atoms with E-state index in [0.717, 1.165) is 32.5 Å². The summed E-state index contributed by atoms with van der Waals surface area (Å²) < 4.78 is 5.08. The van der Waals surface area contributed by atoms with Crippen molar-refractivity contribution in [2.45, 2.75) is 45.0 Å². The van der Waals surface area contributed by atoms with E-state index in [-0.39, 0.29) is 36.1 Å². The fourth-order valence-electron chi connectivity index (χ4n) is 2.94. The van der Waals surface area contributed by atoms with Crippen molar-refractivity contribution in [3.63, 3.8) is 0 Å². The van der Waals surface area contributed by atoms with Gasteiger partial charge in [-0.15, -0.1) is 24.0 Å². The van der Waals surface area contributed by atoms with Gasteiger partial charge in [-0.3, -0.25) is 4.90 Å². The highest BCUT2D eigenvalue weighted by atomic mass is 127. The van der Waals surface area contributed by atoms with Crippen molar-refractivity contribution >= 4 is 29.9 Å². The third-order valence-corrected chi connectivity index (χ3v) is 4.30. The molecule has 7 heteroatoms. The van der Waals surface area contributed by atoms with Crippen LogP contribution in [0.1, 0.15) is 30.9 Å². The van der Waals surface area contributed by atoms with Crippen molar-refractivity contribution < 1.29 is 9.84 Å². The summed E-state index contributed by atoms with van der Waals surface area (Å²) in [6, 6.07) is 8.47. The molecular formula is C18H31IN4O2. The Morgan fingerprint density at radius 2 is 2.00 bits per heavy atom. The molecule has 0 radical (unpaired) electrons. The standard InChI is InChI=1S/C18H30N4O2.HI/c1-14(13-24-2)21-18(19)20-11-15-5-3-4-6-16(15)12-22-9-7-17(23)8-10-22;/h3-6,14,17,23H,7-13H2,1-2H3,(H3,19,20,21);1H. The smallest absolute Gasteiger partial charge is 0.189 e. The average Bonchev–Trinajstić information content (AvgIpc) is 2.56. The second kappa shape index (κ2) is 11.7. The monoisotopic (exact) mass is 462 g/mol. The average molecular weight is 462 g/mol. The molecular weight excluding hydrogens is 431 g/mol. The first kappa shape index (κ1) is 22.1. The second-order valence-electron chi connectivity index (χ2n) is 6.48. The molecule has 142 valence electrons. The van der Waals surface area contributed by atoms with Crippen molar-refractivity contribution in [1.82, 2.24) is 10.2 Å². The summed E-state index contributed by atoms with van der Waals surface area (Å²) in [7, 11) is 1.67. The SMILES string of the molecule is COCC(C)NC(N)=NCc1ccccc1CN1CCC(O)CC1.I. The highest BCUT2D eigenvalue weighted by Crippen LogP contribution is 2.17. The second-order valence-corrected chi connectivity index (χ2v) is 6.48. The molecule has 1 heterocycles. The maximum absolute atomic E-state index is 9.63. The summed E-state index contributed by atoms with van der Waals surface area (Å²) in [5.41, 5.74) is 8.41. The number of ether oxygens (including phenoxy) is 1. The van der Waals surface area contributed by atoms with Crippen molar-refractivity contribution in [3.05, 3.63) is 35.4 Å². The summed E-state index contributed by atoms with van der Waals surface area (Å²) in [6.07, 6.45) is 1.57. The number of hydrogen-bond acceptors (Lipinski definition) is 4. The van der Waals surface area contributed by atoms with Gasteiger partial charge in [-0.2, -0.15) is 0 Å². The van der Waals surface area contributed by atoms with Crippen LogP contribution < -0.4 is 11.1 Å². The minimum absolute atomic E-state index is 0. The Hall–Kier alpha value is -0.900. The van der Waals surface area contributed by atoms with Crippen molar-refractivity contribution in [2.24, 2.45) is 10.7 Å². The van der Waals surface area contributed by atoms with Gasteiger partial charge in [0, 0.05) is 32.8 Å². The lowest BCUT2D eigenvalue weighted by Gasteiger charge is -2.30. The number of nitrogens with one attached hydrogen (secondary N) is 1. The van der Waals surface area contributed by atoms with Crippen LogP contribution in [0.5, 0.6) is 0 Å². The van der Waals surface area contributed by atoms with E-state index in [1.54, 1.807) is 7.11 Å². The van der Waals surface area contributed by atoms with Crippen LogP contribution in [0.4, 0.5) is 0 Å². The molecule has 0 spiro atoms. The molecule has 1 unspecified atom stereocenters. The van der Waals surface area contributed by atoms with E-state index >= 15 is 0 Å². The molecule has 0 bridgehead atoms. The van der Waals surface area contributed by atoms with E-state index in [9.17, 15) is 5.11 Å². The first-order valence-electron chi connectivity index (χ1n) is 8.61. The van der Waals surface area contributed by atoms with Crippen molar-refractivity contribution in [1.29, 1.82) is 0 Å². The molecule has 25 heavy (non-hydrogen) atoms. The highest BCUT2D eigenvalue weighted by Gasteiger charge is 2.17. The number of likely N-dealkylation sites (tertiary alicyclic amines) is 1. The lowest BCUT2D eigenvalue weighted by molar-refractivity contribution is 0.0791. The third-order valence-electron chi connectivity index (χ3n) is 4.30. The Kier molecular flexibility index (Phi) is 10.3. The van der Waals surface area contributed by atoms with E-state index in [2.05, 4.69) is 33.4 Å². The van der Waals surface area contributed by atoms with Gasteiger partial charge < -0.3 is 20.9 Å². The Morgan fingerprint density at radius 1 is 1.36 bits per heavy atom. The van der Waals surface area contributed by atoms with Crippen molar-refractivity contribution in [2.75, 3.05) is 26.8 Å². The Labute approximate surface area is 167 Å². The lowest BCUT2D eigenvalue weighted by atomic mass is 10.0. The van der Waals surface area contributed by atoms with E-state index in [0.29, 0.717) is 19.1 Å². The van der Waals surface area contributed by atoms with Crippen LogP contribution in [-0.4, -0.2) is 54.9 Å². The van der Waals surface area contributed by atoms with Crippen LogP contribution in [0, 0.1) is 0 Å². The van der Waals surface area contributed by atoms with Gasteiger partial charge in [0.05, 0.1) is 19.3 Å². The van der Waals surface area contributed by atoms with Gasteiger partial charge in [0.25, 0.3) is 0 Å². The van der Waals surface area contributed by atoms with Gasteiger partial charge in [-0.25, -0.2) is 4.99 Å². The summed E-state index contributed by atoms with van der Waals surface area (Å²) in [6.45, 7) is 5.93. The van der Waals surface area contributed by atoms with Crippen LogP contribution in [0.15, 0.2) is 29.3 Å². The van der Waals surface area contributed by atoms with Gasteiger partial charge in [-0.1, -0.05) is 24.3 Å². The third kappa shape index (κ3) is 7.89. The molecule has 1 aliphatic heterocycles. The van der Waals surface area contributed by atoms with Crippen LogP contribution in [0.3, 0.4) is 0 Å². The van der Waals surface area contributed by atoms with Crippen LogP contribution >= 0.6 is 24.0 Å². The molecule has 0 amide bonds. The summed E-state index contributed by atoms with van der Waals surface area (Å²) in [4.78, 5) is 6.84. The fraction of sp³-hybridized carbons (Fsp3) is 0.611. The lowest BCUT2D eigenvalue weighted by Crippen LogP contribution is -2.40. The number of nitrogens with zero attached hydrogens (tertiary/aromatic N) is 2. The molecule has 1 aliphatic rings. The predicted molar refractivity (Wildman–Crippen MR) is 112 cm³/mol. The Morgan fingerprint density at radius 3 is 2.64 bits per heavy atom. The molecule has 1 saturated heterocycles. The van der Waals surface area contributed by atoms with Crippen LogP contribution in [0.25, 0.3) is 0 Å². The number of rotatable bonds is 7. The minimum Gasteiger partial charge on any atom is -0.393 e. The molecule has 0 aliphatic carbocycles. The normalized spacial score (nSPS) is 17.8. The molecule has 1 aromatic carbocycles. The summed E-state index contributed by atoms with van der Waals surface area (Å²) in [5, 5.41) is 12.8. The zero-order valence-corrected chi connectivity index (χ0v) is 17.5. The Bertz CT molecular complexity index is 534. The molecule has 0 aromatic heterocycles. The number of halogens is 1. The quantitative estimate of drug-likeness (QED) is 0.327. The van der Waals surface area contributed by atoms with Gasteiger partial charge in [0.1, 0.15) is 0 Å². The Balaban J connectivity index is 0.00000312. The number of hydrogen-bond donors (Lipinski definition) is 3. The van der Waals surface area contributed by atoms with Crippen LogP contribution in [-0.2, 0) is 17.8 Å². The van der Waals surface area contributed by atoms with Crippen molar-refractivity contribution in [3.8, 4) is 0 Å². The number of piperidine rings is 1. The molecule has 0 saturated carbocycles. The number of aliphatic hydroxyl groups is 1. The maximum atomic E-state index is 9.63. The maximum Gasteiger partial charge on any atom is 0.189 e. The van der Waals surface area contributed by atoms with Gasteiger partial charge in [0.15, 0.2) is 5.96 Å². The van der Waals surface area contributed by atoms with E-state index in [1.165, 1.54) is 11.1 Å². The number of aliphatic hydroxyl groups excluding tert-OH is 1. The topological polar surface area (TPSA) is 83.1 Å². The zero-order valence-electron chi connectivity index (χ0n) is 15.1. The highest BCUT2D eigenvalue weighted by molar-refractivity contribution is 14.0. The van der Waals surface area contributed by atoms with Gasteiger partial charge in [-0.05, 0) is 30.9 Å². The zero-order chi connectivity index (χ0) is 17.4. The van der Waals surface area contributed by atoms with E-state index in [4.69, 9.17) is 10.5 Å². The van der Waals surface area contributed by atoms with Gasteiger partial charge >= 0.3 is 0 Å². The van der Waals surface area contributed by atoms with E-state index in [1.807, 2.05) is 13.0 Å². The van der Waals surface area contributed by atoms with Gasteiger partial charge in [0.2, 0.25) is 0 Å². The fourth-order valence-corrected chi connectivity index (χ4v) is 2.94. The molecule has 2 rings (SSSR count).